The van der Waals surface area contributed by atoms with Crippen molar-refractivity contribution in [3.8, 4) is 0 Å². The van der Waals surface area contributed by atoms with E-state index in [1.54, 1.807) is 53.5 Å². The molecule has 5 N–H and O–H groups in total. The van der Waals surface area contributed by atoms with Gasteiger partial charge in [0.2, 0.25) is 23.6 Å². The number of oxime groups is 1. The summed E-state index contributed by atoms with van der Waals surface area (Å²) in [6, 6.07) is 13.8. The number of hydrogen-bond acceptors (Lipinski definition) is 17. The molecule has 0 spiro atoms. The van der Waals surface area contributed by atoms with Crippen LogP contribution >= 0.6 is 0 Å². The highest BCUT2D eigenvalue weighted by atomic mass is 16.6. The highest BCUT2D eigenvalue weighted by Gasteiger charge is 2.47. The number of hydroxylamine groups is 1. The molecule has 2 aromatic rings. The number of carbonyl (C=O) groups excluding carboxylic acids is 6. The van der Waals surface area contributed by atoms with Gasteiger partial charge in [-0.1, -0.05) is 154 Å². The Balaban J connectivity index is 1.13. The normalized spacial score (nSPS) is 19.7. The molecule has 3 aliphatic rings. The van der Waals surface area contributed by atoms with Crippen molar-refractivity contribution >= 4 is 41.7 Å². The number of likely N-dealkylation sites (N-methyl/N-ethyl adjacent to an activating group) is 3. The Hall–Kier alpha value is -5.89. The molecule has 2 saturated heterocycles. The fourth-order valence-electron chi connectivity index (χ4n) is 14.2. The van der Waals surface area contributed by atoms with Gasteiger partial charge in [-0.3, -0.25) is 38.9 Å². The summed E-state index contributed by atoms with van der Waals surface area (Å²) in [6.07, 6.45) is 18.1. The number of benzene rings is 2. The van der Waals surface area contributed by atoms with E-state index in [1.165, 1.54) is 110 Å². The predicted octanol–water partition coefficient (Wildman–Crippen LogP) is 7.77. The standard InChI is InChI=1S/C75H124N10O13/c1-14-55(6)70(83(11)75(91)68(53(2)3)79-74(90)69(54(4)5)81(8)9)65(93-12)49-67(87)85-52-63(48-64(85)71(94-13)56(7)72(88)78-61(33-34-66(86)80-92)47-57-25-21-20-22-26-57)98-77-50-58-29-31-60(32-30-58)73(89)76-37-41-95-43-45-97-46-44-96-42-40-82(10)51-59-35-38-84(39-36-59)62-27-23-18-16-15-17-19-24-28-62/h20-22,25-26,29-34,50,53-56,59,61-65,68-71,92H,14-19,23-24,27-28,35-49,51-52H2,1-13H3,(H,76,89)(H,78,88)(H,79,90)(H,80,86)/b34-33+,77-50+/t55-,56+,61+,63+,64-,65+,68-,69-,70-,71+/m0/s1. The highest BCUT2D eigenvalue weighted by molar-refractivity contribution is 5.95. The molecular formula is C75H124N10O13. The first-order chi connectivity index (χ1) is 47.1. The van der Waals surface area contributed by atoms with Crippen molar-refractivity contribution in [2.75, 3.05) is 121 Å². The van der Waals surface area contributed by atoms with E-state index in [0.29, 0.717) is 70.2 Å². The molecule has 6 amide bonds. The van der Waals surface area contributed by atoms with Gasteiger partial charge in [-0.05, 0) is 113 Å². The number of nitrogens with one attached hydrogen (secondary N) is 4. The average molecular weight is 1370 g/mol. The van der Waals surface area contributed by atoms with Crippen molar-refractivity contribution in [1.82, 2.24) is 45.9 Å². The van der Waals surface area contributed by atoms with Crippen molar-refractivity contribution in [2.45, 2.75) is 199 Å². The fraction of sp³-hybridized carbons (Fsp3) is 0.720. The van der Waals surface area contributed by atoms with Crippen molar-refractivity contribution in [1.29, 1.82) is 0 Å². The maximum Gasteiger partial charge on any atom is 0.267 e. The fourth-order valence-corrected chi connectivity index (χ4v) is 14.2. The first kappa shape index (κ1) is 82.8. The molecule has 10 atom stereocenters. The number of rotatable bonds is 41. The molecule has 23 heteroatoms. The summed E-state index contributed by atoms with van der Waals surface area (Å²) >= 11 is 0. The lowest BCUT2D eigenvalue weighted by molar-refractivity contribution is -0.148. The average Bonchev–Trinajstić information content (AvgIpc) is 1.57. The van der Waals surface area contributed by atoms with Gasteiger partial charge < -0.3 is 64.1 Å². The number of hydrogen-bond donors (Lipinski definition) is 5. The van der Waals surface area contributed by atoms with Crippen LogP contribution in [0.15, 0.2) is 71.9 Å². The lowest BCUT2D eigenvalue weighted by Crippen LogP contribution is -2.59. The molecule has 0 unspecified atom stereocenters. The van der Waals surface area contributed by atoms with E-state index in [0.717, 1.165) is 36.7 Å². The molecule has 98 heavy (non-hydrogen) atoms. The zero-order valence-electron chi connectivity index (χ0n) is 61.6. The van der Waals surface area contributed by atoms with Gasteiger partial charge in [0, 0.05) is 65.0 Å². The Labute approximate surface area is 586 Å². The van der Waals surface area contributed by atoms with Gasteiger partial charge in [0.25, 0.3) is 11.8 Å². The van der Waals surface area contributed by atoms with Crippen molar-refractivity contribution in [3.63, 3.8) is 0 Å². The van der Waals surface area contributed by atoms with E-state index >= 15 is 4.79 Å². The molecule has 0 aromatic heterocycles. The summed E-state index contributed by atoms with van der Waals surface area (Å²) in [6.45, 7) is 21.2. The van der Waals surface area contributed by atoms with Crippen LogP contribution in [-0.2, 0) is 58.9 Å². The minimum Gasteiger partial charge on any atom is -0.391 e. The van der Waals surface area contributed by atoms with E-state index in [9.17, 15) is 29.2 Å². The van der Waals surface area contributed by atoms with Crippen LogP contribution in [0.2, 0.25) is 0 Å². The van der Waals surface area contributed by atoms with Crippen molar-refractivity contribution < 1.29 is 62.5 Å². The molecule has 0 bridgehead atoms. The maximum absolute atomic E-state index is 15.1. The molecule has 5 rings (SSSR count). The minimum absolute atomic E-state index is 0.0175. The van der Waals surface area contributed by atoms with Crippen LogP contribution in [0, 0.1) is 29.6 Å². The number of piperidine rings is 1. The summed E-state index contributed by atoms with van der Waals surface area (Å²) in [5.74, 6) is -2.86. The van der Waals surface area contributed by atoms with Gasteiger partial charge in [0.05, 0.1) is 101 Å². The molecule has 1 saturated carbocycles. The van der Waals surface area contributed by atoms with E-state index in [4.69, 9.17) is 28.5 Å². The first-order valence-corrected chi connectivity index (χ1v) is 36.4. The van der Waals surface area contributed by atoms with Gasteiger partial charge in [0.1, 0.15) is 12.1 Å². The lowest BCUT2D eigenvalue weighted by atomic mass is 9.89. The second-order valence-corrected chi connectivity index (χ2v) is 28.3. The number of amides is 6. The zero-order chi connectivity index (χ0) is 71.5. The molecule has 552 valence electrons. The summed E-state index contributed by atoms with van der Waals surface area (Å²) in [5.41, 5.74) is 3.58. The van der Waals surface area contributed by atoms with Crippen molar-refractivity contribution in [2.24, 2.45) is 34.7 Å². The molecule has 2 aromatic carbocycles. The van der Waals surface area contributed by atoms with Gasteiger partial charge in [0.15, 0.2) is 0 Å². The van der Waals surface area contributed by atoms with Crippen LogP contribution in [0.4, 0.5) is 0 Å². The third-order valence-corrected chi connectivity index (χ3v) is 20.0. The quantitative estimate of drug-likeness (QED) is 0.0140. The summed E-state index contributed by atoms with van der Waals surface area (Å²) in [7, 11) is 10.6. The number of methoxy groups -OCH3 is 2. The first-order valence-electron chi connectivity index (χ1n) is 36.4. The Kier molecular flexibility index (Phi) is 38.1. The second-order valence-electron chi connectivity index (χ2n) is 28.3. The summed E-state index contributed by atoms with van der Waals surface area (Å²) < 4.78 is 29.7. The Morgan fingerprint density at radius 1 is 0.735 bits per heavy atom. The predicted molar refractivity (Wildman–Crippen MR) is 383 cm³/mol. The Morgan fingerprint density at radius 2 is 1.36 bits per heavy atom. The van der Waals surface area contributed by atoms with Crippen molar-refractivity contribution in [3.05, 3.63) is 83.4 Å². The monoisotopic (exact) mass is 1370 g/mol. The SMILES string of the molecule is CC[C@H](C)[C@@H]([C@@H](CC(=O)N1C[C@H](O/N=C/c2ccc(C(=O)NCCOCCOCCOCCN(C)CC3CCN(C4CCCCCCCCC4)CC3)cc2)C[C@H]1[C@H](OC)[C@@H](C)C(=O)N[C@H](/C=C/C(=O)NO)Cc1ccccc1)OC)N(C)C(=O)[C@@H](NC(=O)[C@H](C(C)C)N(C)C)C(C)C. The van der Waals surface area contributed by atoms with Crippen LogP contribution < -0.4 is 21.4 Å². The summed E-state index contributed by atoms with van der Waals surface area (Å²) in [5, 5.41) is 22.6. The summed E-state index contributed by atoms with van der Waals surface area (Å²) in [4.78, 5) is 99.6. The second kappa shape index (κ2) is 45.1. The van der Waals surface area contributed by atoms with Crippen LogP contribution in [0.25, 0.3) is 0 Å². The van der Waals surface area contributed by atoms with Crippen LogP contribution in [0.3, 0.4) is 0 Å². The molecule has 2 aliphatic heterocycles. The van der Waals surface area contributed by atoms with Crippen LogP contribution in [-0.4, -0.2) is 247 Å². The zero-order valence-corrected chi connectivity index (χ0v) is 61.6. The molecule has 23 nitrogen and oxygen atoms in total. The number of carbonyl (C=O) groups is 6. The smallest absolute Gasteiger partial charge is 0.267 e. The highest BCUT2D eigenvalue weighted by Crippen LogP contribution is 2.32. The molecule has 3 fully saturated rings. The number of ether oxygens (including phenoxy) is 5. The van der Waals surface area contributed by atoms with Gasteiger partial charge in [-0.25, -0.2) is 5.48 Å². The van der Waals surface area contributed by atoms with E-state index in [1.807, 2.05) is 90.9 Å². The van der Waals surface area contributed by atoms with Gasteiger partial charge in [-0.2, -0.15) is 0 Å². The molecule has 0 radical (unpaired) electrons. The third kappa shape index (κ3) is 27.9. The number of likely N-dealkylation sites (tertiary alicyclic amines) is 2. The van der Waals surface area contributed by atoms with E-state index < -0.39 is 66.3 Å². The third-order valence-electron chi connectivity index (χ3n) is 20.0. The van der Waals surface area contributed by atoms with Crippen LogP contribution in [0.1, 0.15) is 160 Å². The molecule has 2 heterocycles. The van der Waals surface area contributed by atoms with Gasteiger partial charge in [-0.15, -0.1) is 0 Å². The Morgan fingerprint density at radius 3 is 1.94 bits per heavy atom. The molecular weight excluding hydrogens is 1250 g/mol. The van der Waals surface area contributed by atoms with E-state index in [2.05, 4.69) is 38.0 Å². The van der Waals surface area contributed by atoms with Crippen LogP contribution in [0.5, 0.6) is 0 Å². The topological polar surface area (TPSA) is 255 Å². The maximum atomic E-state index is 15.1. The largest absolute Gasteiger partial charge is 0.391 e. The van der Waals surface area contributed by atoms with Gasteiger partial charge >= 0.3 is 0 Å². The lowest BCUT2D eigenvalue weighted by Gasteiger charge is -2.41. The Bertz CT molecular complexity index is 2680. The number of nitrogens with zero attached hydrogens (tertiary/aromatic N) is 6. The molecule has 1 aliphatic carbocycles. The van der Waals surface area contributed by atoms with E-state index in [-0.39, 0.29) is 60.8 Å². The minimum atomic E-state index is -0.878.